The molecule has 146 valence electrons. The van der Waals surface area contributed by atoms with Crippen molar-refractivity contribution < 1.29 is 0 Å². The fourth-order valence-corrected chi connectivity index (χ4v) is 5.09. The lowest BCUT2D eigenvalue weighted by atomic mass is 10.1. The van der Waals surface area contributed by atoms with Crippen LogP contribution >= 0.6 is 11.9 Å². The first-order valence-electron chi connectivity index (χ1n) is 10.0. The number of anilines is 1. The third-order valence-corrected chi connectivity index (χ3v) is 7.03. The van der Waals surface area contributed by atoms with Gasteiger partial charge in [-0.2, -0.15) is 4.98 Å². The second kappa shape index (κ2) is 7.80. The Bertz CT molecular complexity index is 875. The lowest BCUT2D eigenvalue weighted by molar-refractivity contribution is 0.358. The van der Waals surface area contributed by atoms with E-state index in [1.54, 1.807) is 0 Å². The van der Waals surface area contributed by atoms with Gasteiger partial charge in [-0.25, -0.2) is 4.98 Å². The molecule has 1 aliphatic heterocycles. The van der Waals surface area contributed by atoms with E-state index >= 15 is 0 Å². The number of rotatable bonds is 4. The van der Waals surface area contributed by atoms with E-state index in [9.17, 15) is 4.79 Å². The molecule has 2 atom stereocenters. The van der Waals surface area contributed by atoms with Crippen molar-refractivity contribution in [3.8, 4) is 0 Å². The van der Waals surface area contributed by atoms with Crippen LogP contribution in [0, 0.1) is 12.8 Å². The van der Waals surface area contributed by atoms with E-state index in [2.05, 4.69) is 27.8 Å². The van der Waals surface area contributed by atoms with Crippen LogP contribution < -0.4 is 10.9 Å². The van der Waals surface area contributed by atoms with Crippen molar-refractivity contribution >= 4 is 28.9 Å². The lowest BCUT2D eigenvalue weighted by Gasteiger charge is -2.30. The zero-order valence-corrected chi connectivity index (χ0v) is 17.3. The molecule has 1 aliphatic carbocycles. The maximum absolute atomic E-state index is 13.0. The maximum atomic E-state index is 13.0. The average Bonchev–Trinajstić information content (AvgIpc) is 3.09. The summed E-state index contributed by atoms with van der Waals surface area (Å²) in [6, 6.07) is 2.56. The first-order valence-corrected chi connectivity index (χ1v) is 11.2. The third kappa shape index (κ3) is 3.72. The summed E-state index contributed by atoms with van der Waals surface area (Å²) in [5, 5.41) is 4.46. The summed E-state index contributed by atoms with van der Waals surface area (Å²) in [6.45, 7) is 6.30. The van der Waals surface area contributed by atoms with Gasteiger partial charge >= 0.3 is 0 Å². The van der Waals surface area contributed by atoms with Crippen molar-refractivity contribution in [2.24, 2.45) is 5.92 Å². The summed E-state index contributed by atoms with van der Waals surface area (Å²) in [6.07, 6.45) is 9.58. The lowest BCUT2D eigenvalue weighted by Crippen LogP contribution is -2.36. The summed E-state index contributed by atoms with van der Waals surface area (Å²) >= 11 is 1.81. The number of pyridine rings is 1. The van der Waals surface area contributed by atoms with Gasteiger partial charge in [-0.3, -0.25) is 13.7 Å². The molecule has 4 rings (SSSR count). The van der Waals surface area contributed by atoms with Gasteiger partial charge in [-0.1, -0.05) is 25.3 Å². The zero-order valence-electron chi connectivity index (χ0n) is 16.4. The zero-order chi connectivity index (χ0) is 19.0. The monoisotopic (exact) mass is 387 g/mol. The molecule has 3 heterocycles. The predicted octanol–water partition coefficient (Wildman–Crippen LogP) is 3.62. The fourth-order valence-electron chi connectivity index (χ4n) is 4.51. The Morgan fingerprint density at radius 1 is 1.22 bits per heavy atom. The van der Waals surface area contributed by atoms with E-state index in [-0.39, 0.29) is 11.6 Å². The second-order valence-corrected chi connectivity index (χ2v) is 8.86. The Morgan fingerprint density at radius 2 is 2.00 bits per heavy atom. The second-order valence-electron chi connectivity index (χ2n) is 7.98. The van der Waals surface area contributed by atoms with E-state index in [1.165, 1.54) is 12.8 Å². The number of aromatic nitrogens is 3. The van der Waals surface area contributed by atoms with Gasteiger partial charge in [0.25, 0.3) is 5.56 Å². The van der Waals surface area contributed by atoms with Crippen LogP contribution in [0.5, 0.6) is 0 Å². The summed E-state index contributed by atoms with van der Waals surface area (Å²) < 4.78 is 4.34. The van der Waals surface area contributed by atoms with Gasteiger partial charge in [-0.05, 0) is 50.8 Å². The predicted molar refractivity (Wildman–Crippen MR) is 112 cm³/mol. The maximum Gasteiger partial charge on any atom is 0.255 e. The molecular formula is C20H29N5OS. The van der Waals surface area contributed by atoms with E-state index in [0.717, 1.165) is 48.9 Å². The number of fused-ring (bicyclic) bond motifs is 1. The van der Waals surface area contributed by atoms with Crippen LogP contribution in [-0.4, -0.2) is 44.2 Å². The van der Waals surface area contributed by atoms with Crippen molar-refractivity contribution in [1.29, 1.82) is 0 Å². The molecule has 7 heteroatoms. The van der Waals surface area contributed by atoms with E-state index < -0.39 is 0 Å². The standard InChI is InChI=1S/C20H29N5OS/c1-13-5-4-6-17(13)25-18-15(11-14(2)19(25)26)12-21-20(23-18)22-16-7-9-24(27-3)10-8-16/h11-13,16-17H,4-10H2,1-3H3,(H,21,22,23)/t13-,17?/m0/s1. The van der Waals surface area contributed by atoms with Crippen LogP contribution in [0.25, 0.3) is 11.0 Å². The number of aryl methyl sites for hydroxylation is 1. The number of nitrogens with one attached hydrogen (secondary N) is 1. The molecule has 2 aromatic rings. The molecule has 1 unspecified atom stereocenters. The molecule has 0 aromatic carbocycles. The van der Waals surface area contributed by atoms with Crippen molar-refractivity contribution in [2.45, 2.75) is 58.0 Å². The highest BCUT2D eigenvalue weighted by Crippen LogP contribution is 2.36. The number of nitrogens with zero attached hydrogens (tertiary/aromatic N) is 4. The highest BCUT2D eigenvalue weighted by Gasteiger charge is 2.28. The van der Waals surface area contributed by atoms with Crippen molar-refractivity contribution in [2.75, 3.05) is 24.7 Å². The largest absolute Gasteiger partial charge is 0.351 e. The molecule has 1 N–H and O–H groups in total. The third-order valence-electron chi connectivity index (χ3n) is 6.15. The highest BCUT2D eigenvalue weighted by atomic mass is 32.2. The van der Waals surface area contributed by atoms with Gasteiger partial charge < -0.3 is 5.32 Å². The van der Waals surface area contributed by atoms with Gasteiger partial charge in [0, 0.05) is 42.3 Å². The summed E-state index contributed by atoms with van der Waals surface area (Å²) in [7, 11) is 0. The van der Waals surface area contributed by atoms with Gasteiger partial charge in [0.15, 0.2) is 0 Å². The van der Waals surface area contributed by atoms with Crippen LogP contribution in [0.1, 0.15) is 50.6 Å². The van der Waals surface area contributed by atoms with Gasteiger partial charge in [-0.15, -0.1) is 0 Å². The number of hydrogen-bond acceptors (Lipinski definition) is 6. The molecule has 0 amide bonds. The Hall–Kier alpha value is -1.60. The fraction of sp³-hybridized carbons (Fsp3) is 0.650. The molecule has 0 radical (unpaired) electrons. The summed E-state index contributed by atoms with van der Waals surface area (Å²) in [5.74, 6) is 1.16. The van der Waals surface area contributed by atoms with Gasteiger partial charge in [0.1, 0.15) is 5.65 Å². The van der Waals surface area contributed by atoms with Crippen LogP contribution in [-0.2, 0) is 0 Å². The number of hydrogen-bond donors (Lipinski definition) is 1. The SMILES string of the molecule is CSN1CCC(Nc2ncc3cc(C)c(=O)n(C4CCC[C@@H]4C)c3n2)CC1. The Kier molecular flexibility index (Phi) is 5.41. The van der Waals surface area contributed by atoms with E-state index in [0.29, 0.717) is 17.9 Å². The normalized spacial score (nSPS) is 24.6. The number of piperidine rings is 1. The van der Waals surface area contributed by atoms with Crippen molar-refractivity contribution in [1.82, 2.24) is 18.8 Å². The van der Waals surface area contributed by atoms with Crippen LogP contribution in [0.4, 0.5) is 5.95 Å². The highest BCUT2D eigenvalue weighted by molar-refractivity contribution is 7.96. The minimum absolute atomic E-state index is 0.0965. The molecule has 27 heavy (non-hydrogen) atoms. The van der Waals surface area contributed by atoms with Crippen LogP contribution in [0.3, 0.4) is 0 Å². The first kappa shape index (κ1) is 18.7. The average molecular weight is 388 g/mol. The van der Waals surface area contributed by atoms with Gasteiger partial charge in [0.2, 0.25) is 5.95 Å². The molecule has 0 spiro atoms. The molecule has 2 aromatic heterocycles. The molecule has 2 aliphatic rings. The smallest absolute Gasteiger partial charge is 0.255 e. The minimum atomic E-state index is 0.0965. The van der Waals surface area contributed by atoms with E-state index in [1.807, 2.05) is 35.7 Å². The Labute approximate surface area is 164 Å². The summed E-state index contributed by atoms with van der Waals surface area (Å²) in [5.41, 5.74) is 1.65. The first-order chi connectivity index (χ1) is 13.1. The summed E-state index contributed by atoms with van der Waals surface area (Å²) in [4.78, 5) is 22.3. The van der Waals surface area contributed by atoms with Crippen LogP contribution in [0.15, 0.2) is 17.1 Å². The topological polar surface area (TPSA) is 63.1 Å². The molecule has 0 bridgehead atoms. The van der Waals surface area contributed by atoms with Gasteiger partial charge in [0.05, 0.1) is 0 Å². The van der Waals surface area contributed by atoms with Crippen LogP contribution in [0.2, 0.25) is 0 Å². The Morgan fingerprint density at radius 3 is 2.67 bits per heavy atom. The molecule has 2 fully saturated rings. The van der Waals surface area contributed by atoms with Crippen molar-refractivity contribution in [3.63, 3.8) is 0 Å². The molecule has 6 nitrogen and oxygen atoms in total. The van der Waals surface area contributed by atoms with Crippen molar-refractivity contribution in [3.05, 3.63) is 28.2 Å². The quantitative estimate of drug-likeness (QED) is 0.809. The molecular weight excluding hydrogens is 358 g/mol. The minimum Gasteiger partial charge on any atom is -0.351 e. The molecule has 1 saturated heterocycles. The molecule has 1 saturated carbocycles. The Balaban J connectivity index is 1.67. The van der Waals surface area contributed by atoms with E-state index in [4.69, 9.17) is 4.98 Å².